The minimum Gasteiger partial charge on any atom is -0.484 e. The predicted molar refractivity (Wildman–Crippen MR) is 81.5 cm³/mol. The van der Waals surface area contributed by atoms with Crippen LogP contribution in [0.2, 0.25) is 0 Å². The molecule has 1 heterocycles. The van der Waals surface area contributed by atoms with E-state index in [4.69, 9.17) is 4.74 Å². The molecule has 2 amide bonds. The molecule has 1 aromatic carbocycles. The average molecular weight is 353 g/mol. The minimum atomic E-state index is -4.50. The first-order valence-corrected chi connectivity index (χ1v) is 7.07. The van der Waals surface area contributed by atoms with Gasteiger partial charge in [0.1, 0.15) is 5.75 Å². The van der Waals surface area contributed by atoms with Gasteiger partial charge in [0.05, 0.1) is 11.1 Å². The normalized spacial score (nSPS) is 10.9. The minimum absolute atomic E-state index is 0.112. The molecule has 0 saturated heterocycles. The zero-order chi connectivity index (χ0) is 18.4. The predicted octanol–water partition coefficient (Wildman–Crippen LogP) is 2.25. The molecule has 1 aromatic heterocycles. The van der Waals surface area contributed by atoms with E-state index in [1.807, 2.05) is 0 Å². The Kier molecular flexibility index (Phi) is 5.58. The van der Waals surface area contributed by atoms with Crippen LogP contribution in [0.5, 0.6) is 5.75 Å². The molecule has 0 saturated carbocycles. The van der Waals surface area contributed by atoms with Crippen molar-refractivity contribution in [1.29, 1.82) is 0 Å². The van der Waals surface area contributed by atoms with Gasteiger partial charge in [-0.1, -0.05) is 6.07 Å². The van der Waals surface area contributed by atoms with E-state index < -0.39 is 30.2 Å². The highest BCUT2D eigenvalue weighted by molar-refractivity contribution is 5.95. The van der Waals surface area contributed by atoms with Gasteiger partial charge in [0, 0.05) is 11.9 Å². The SMILES string of the molecule is Cc1ccc(C(=O)NNC(=O)COc2cccc(C(F)(F)F)c2)cn1. The summed E-state index contributed by atoms with van der Waals surface area (Å²) in [5, 5.41) is 0. The van der Waals surface area contributed by atoms with E-state index >= 15 is 0 Å². The number of halogens is 3. The topological polar surface area (TPSA) is 80.3 Å². The second-order valence-corrected chi connectivity index (χ2v) is 5.00. The third kappa shape index (κ3) is 5.48. The van der Waals surface area contributed by atoms with Gasteiger partial charge in [0.2, 0.25) is 0 Å². The molecular weight excluding hydrogens is 339 g/mol. The first-order chi connectivity index (χ1) is 11.8. The van der Waals surface area contributed by atoms with Crippen LogP contribution in [-0.4, -0.2) is 23.4 Å². The number of aromatic nitrogens is 1. The van der Waals surface area contributed by atoms with Crippen molar-refractivity contribution < 1.29 is 27.5 Å². The molecule has 0 aliphatic carbocycles. The van der Waals surface area contributed by atoms with Gasteiger partial charge in [0.15, 0.2) is 6.61 Å². The number of alkyl halides is 3. The van der Waals surface area contributed by atoms with Crippen LogP contribution < -0.4 is 15.6 Å². The van der Waals surface area contributed by atoms with E-state index in [1.165, 1.54) is 24.4 Å². The highest BCUT2D eigenvalue weighted by Crippen LogP contribution is 2.31. The number of rotatable bonds is 4. The molecule has 0 aliphatic rings. The summed E-state index contributed by atoms with van der Waals surface area (Å²) in [7, 11) is 0. The Bertz CT molecular complexity index is 761. The van der Waals surface area contributed by atoms with Crippen LogP contribution in [0.4, 0.5) is 13.2 Å². The van der Waals surface area contributed by atoms with Crippen LogP contribution in [0.1, 0.15) is 21.6 Å². The lowest BCUT2D eigenvalue weighted by Gasteiger charge is -2.11. The fourth-order valence-corrected chi connectivity index (χ4v) is 1.75. The molecule has 0 atom stereocenters. The van der Waals surface area contributed by atoms with Crippen LogP contribution in [0.3, 0.4) is 0 Å². The van der Waals surface area contributed by atoms with Crippen molar-refractivity contribution in [2.45, 2.75) is 13.1 Å². The lowest BCUT2D eigenvalue weighted by atomic mass is 10.2. The molecule has 0 spiro atoms. The molecule has 0 bridgehead atoms. The maximum atomic E-state index is 12.6. The number of hydrogen-bond acceptors (Lipinski definition) is 4. The van der Waals surface area contributed by atoms with Crippen molar-refractivity contribution in [2.75, 3.05) is 6.61 Å². The molecule has 0 fully saturated rings. The largest absolute Gasteiger partial charge is 0.484 e. The summed E-state index contributed by atoms with van der Waals surface area (Å²) in [4.78, 5) is 27.3. The van der Waals surface area contributed by atoms with Gasteiger partial charge >= 0.3 is 6.18 Å². The van der Waals surface area contributed by atoms with Crippen LogP contribution in [-0.2, 0) is 11.0 Å². The third-order valence-corrected chi connectivity index (χ3v) is 3.02. The van der Waals surface area contributed by atoms with Crippen LogP contribution in [0.15, 0.2) is 42.6 Å². The fraction of sp³-hybridized carbons (Fsp3) is 0.188. The number of nitrogens with one attached hydrogen (secondary N) is 2. The van der Waals surface area contributed by atoms with Crippen molar-refractivity contribution in [1.82, 2.24) is 15.8 Å². The highest BCUT2D eigenvalue weighted by atomic mass is 19.4. The maximum Gasteiger partial charge on any atom is 0.416 e. The third-order valence-electron chi connectivity index (χ3n) is 3.02. The van der Waals surface area contributed by atoms with E-state index in [2.05, 4.69) is 15.8 Å². The first kappa shape index (κ1) is 18.2. The maximum absolute atomic E-state index is 12.6. The quantitative estimate of drug-likeness (QED) is 0.827. The molecule has 2 N–H and O–H groups in total. The monoisotopic (exact) mass is 353 g/mol. The van der Waals surface area contributed by atoms with E-state index in [1.54, 1.807) is 13.0 Å². The van der Waals surface area contributed by atoms with Gasteiger partial charge < -0.3 is 4.74 Å². The zero-order valence-corrected chi connectivity index (χ0v) is 13.1. The molecular formula is C16H14F3N3O3. The number of nitrogens with zero attached hydrogens (tertiary/aromatic N) is 1. The first-order valence-electron chi connectivity index (χ1n) is 7.07. The van der Waals surface area contributed by atoms with E-state index in [0.29, 0.717) is 0 Å². The van der Waals surface area contributed by atoms with E-state index in [-0.39, 0.29) is 11.3 Å². The smallest absolute Gasteiger partial charge is 0.416 e. The Labute approximate surface area is 141 Å². The number of amides is 2. The van der Waals surface area contributed by atoms with Gasteiger partial charge in [-0.15, -0.1) is 0 Å². The highest BCUT2D eigenvalue weighted by Gasteiger charge is 2.30. The number of benzene rings is 1. The molecule has 0 radical (unpaired) electrons. The molecule has 25 heavy (non-hydrogen) atoms. The summed E-state index contributed by atoms with van der Waals surface area (Å²) in [5.74, 6) is -1.43. The fourth-order valence-electron chi connectivity index (χ4n) is 1.75. The number of pyridine rings is 1. The Morgan fingerprint density at radius 2 is 1.92 bits per heavy atom. The van der Waals surface area contributed by atoms with Crippen molar-refractivity contribution in [2.24, 2.45) is 0 Å². The summed E-state index contributed by atoms with van der Waals surface area (Å²) in [5.41, 5.74) is 4.34. The van der Waals surface area contributed by atoms with Crippen LogP contribution >= 0.6 is 0 Å². The standard InChI is InChI=1S/C16H14F3N3O3/c1-10-5-6-11(8-20-10)15(24)22-21-14(23)9-25-13-4-2-3-12(7-13)16(17,18)19/h2-8H,9H2,1H3,(H,21,23)(H,22,24). The lowest BCUT2D eigenvalue weighted by Crippen LogP contribution is -2.43. The summed E-state index contributed by atoms with van der Waals surface area (Å²) in [6, 6.07) is 7.30. The van der Waals surface area contributed by atoms with Gasteiger partial charge in [-0.05, 0) is 37.3 Å². The number of carbonyl (C=O) groups is 2. The van der Waals surface area contributed by atoms with Gasteiger partial charge in [-0.2, -0.15) is 13.2 Å². The summed E-state index contributed by atoms with van der Waals surface area (Å²) in [6.07, 6.45) is -3.16. The van der Waals surface area contributed by atoms with Crippen LogP contribution in [0.25, 0.3) is 0 Å². The summed E-state index contributed by atoms with van der Waals surface area (Å²) < 4.78 is 42.7. The number of carbonyl (C=O) groups excluding carboxylic acids is 2. The molecule has 9 heteroatoms. The van der Waals surface area contributed by atoms with Gasteiger partial charge in [-0.3, -0.25) is 25.4 Å². The average Bonchev–Trinajstić information content (AvgIpc) is 2.58. The Morgan fingerprint density at radius 3 is 2.56 bits per heavy atom. The summed E-state index contributed by atoms with van der Waals surface area (Å²) in [6.45, 7) is 1.20. The van der Waals surface area contributed by atoms with E-state index in [0.717, 1.165) is 17.8 Å². The van der Waals surface area contributed by atoms with Gasteiger partial charge in [0.25, 0.3) is 11.8 Å². The van der Waals surface area contributed by atoms with Gasteiger partial charge in [-0.25, -0.2) is 0 Å². The second kappa shape index (κ2) is 7.65. The van der Waals surface area contributed by atoms with Crippen molar-refractivity contribution in [3.63, 3.8) is 0 Å². The molecule has 2 rings (SSSR count). The molecule has 0 unspecified atom stereocenters. The van der Waals surface area contributed by atoms with E-state index in [9.17, 15) is 22.8 Å². The summed E-state index contributed by atoms with van der Waals surface area (Å²) >= 11 is 0. The number of hydrazine groups is 1. The number of hydrogen-bond donors (Lipinski definition) is 2. The Morgan fingerprint density at radius 1 is 1.16 bits per heavy atom. The molecule has 2 aromatic rings. The number of aryl methyl sites for hydroxylation is 1. The Balaban J connectivity index is 1.83. The second-order valence-electron chi connectivity index (χ2n) is 5.00. The number of ether oxygens (including phenoxy) is 1. The van der Waals surface area contributed by atoms with Crippen molar-refractivity contribution >= 4 is 11.8 Å². The van der Waals surface area contributed by atoms with Crippen molar-refractivity contribution in [3.8, 4) is 5.75 Å². The molecule has 132 valence electrons. The lowest BCUT2D eigenvalue weighted by molar-refractivity contribution is -0.137. The van der Waals surface area contributed by atoms with Crippen molar-refractivity contribution in [3.05, 3.63) is 59.4 Å². The van der Waals surface area contributed by atoms with Crippen LogP contribution in [0, 0.1) is 6.92 Å². The zero-order valence-electron chi connectivity index (χ0n) is 13.1. The molecule has 0 aliphatic heterocycles. The Hall–Kier alpha value is -3.10. The molecule has 6 nitrogen and oxygen atoms in total.